The van der Waals surface area contributed by atoms with Crippen molar-refractivity contribution < 1.29 is 9.31 Å². The van der Waals surface area contributed by atoms with Crippen molar-refractivity contribution >= 4 is 35.3 Å². The molecule has 5 nitrogen and oxygen atoms in total. The van der Waals surface area contributed by atoms with E-state index in [-0.39, 0.29) is 18.3 Å². The molecule has 0 unspecified atom stereocenters. The van der Waals surface area contributed by atoms with Crippen molar-refractivity contribution in [3.8, 4) is 0 Å². The summed E-state index contributed by atoms with van der Waals surface area (Å²) >= 11 is 1.54. The predicted molar refractivity (Wildman–Crippen MR) is 105 cm³/mol. The van der Waals surface area contributed by atoms with E-state index in [1.165, 1.54) is 11.3 Å². The molecule has 1 fully saturated rings. The fourth-order valence-corrected chi connectivity index (χ4v) is 3.22. The molecule has 7 heteroatoms. The van der Waals surface area contributed by atoms with Crippen molar-refractivity contribution in [2.45, 2.75) is 52.7 Å². The van der Waals surface area contributed by atoms with E-state index in [9.17, 15) is 0 Å². The second kappa shape index (κ2) is 6.55. The molecule has 1 aliphatic heterocycles. The largest absolute Gasteiger partial charge is 0.495 e. The van der Waals surface area contributed by atoms with E-state index in [1.54, 1.807) is 6.21 Å². The van der Waals surface area contributed by atoms with Crippen LogP contribution >= 0.6 is 11.3 Å². The Bertz CT molecular complexity index is 785. The molecule has 1 saturated heterocycles. The predicted octanol–water partition coefficient (Wildman–Crippen LogP) is 3.51. The third-order valence-corrected chi connectivity index (χ3v) is 5.66. The van der Waals surface area contributed by atoms with Crippen LogP contribution in [0.1, 0.15) is 44.5 Å². The number of nitrogens with one attached hydrogen (secondary N) is 1. The number of hydrazone groups is 1. The molecule has 0 amide bonds. The van der Waals surface area contributed by atoms with Crippen molar-refractivity contribution in [2.75, 3.05) is 5.43 Å². The van der Waals surface area contributed by atoms with Gasteiger partial charge in [-0.05, 0) is 52.6 Å². The lowest BCUT2D eigenvalue weighted by Crippen LogP contribution is -2.41. The summed E-state index contributed by atoms with van der Waals surface area (Å²) in [5.41, 5.74) is 6.46. The Morgan fingerprint density at radius 2 is 1.84 bits per heavy atom. The minimum absolute atomic E-state index is 0.333. The van der Waals surface area contributed by atoms with Gasteiger partial charge in [0.05, 0.1) is 23.1 Å². The van der Waals surface area contributed by atoms with Gasteiger partial charge >= 0.3 is 7.12 Å². The van der Waals surface area contributed by atoms with Crippen LogP contribution in [0.2, 0.25) is 0 Å². The van der Waals surface area contributed by atoms with Crippen molar-refractivity contribution in [1.29, 1.82) is 0 Å². The number of benzene rings is 1. The first-order valence-electron chi connectivity index (χ1n) is 8.35. The monoisotopic (exact) mass is 357 g/mol. The molecular weight excluding hydrogens is 333 g/mol. The van der Waals surface area contributed by atoms with Crippen molar-refractivity contribution in [2.24, 2.45) is 5.10 Å². The number of anilines is 1. The lowest BCUT2D eigenvalue weighted by molar-refractivity contribution is 0.00578. The molecule has 3 rings (SSSR count). The standard InChI is InChI=1S/C18H24BN3O2S/c1-12-9-14(10-20-22-16-21-13(2)11-25-16)7-8-15(12)19-23-17(3,4)18(5,6)24-19/h7-11H,1-6H3,(H,21,22). The Labute approximate surface area is 153 Å². The van der Waals surface area contributed by atoms with E-state index in [0.29, 0.717) is 0 Å². The Hall–Kier alpha value is -1.70. The Balaban J connectivity index is 1.71. The summed E-state index contributed by atoms with van der Waals surface area (Å²) in [4.78, 5) is 4.31. The molecular formula is C18H24BN3O2S. The number of hydrogen-bond donors (Lipinski definition) is 1. The number of hydrogen-bond acceptors (Lipinski definition) is 6. The van der Waals surface area contributed by atoms with Gasteiger partial charge in [-0.1, -0.05) is 23.8 Å². The van der Waals surface area contributed by atoms with E-state index < -0.39 is 0 Å². The summed E-state index contributed by atoms with van der Waals surface area (Å²) in [5.74, 6) is 0. The van der Waals surface area contributed by atoms with E-state index in [4.69, 9.17) is 9.31 Å². The smallest absolute Gasteiger partial charge is 0.399 e. The van der Waals surface area contributed by atoms with Gasteiger partial charge in [-0.25, -0.2) is 4.98 Å². The molecule has 0 atom stereocenters. The summed E-state index contributed by atoms with van der Waals surface area (Å²) in [6.07, 6.45) is 1.79. The number of aryl methyl sites for hydroxylation is 2. The van der Waals surface area contributed by atoms with Crippen molar-refractivity contribution in [3.63, 3.8) is 0 Å². The van der Waals surface area contributed by atoms with Crippen LogP contribution in [0.25, 0.3) is 0 Å². The summed E-state index contributed by atoms with van der Waals surface area (Å²) in [5, 5.41) is 7.03. The SMILES string of the molecule is Cc1csc(NN=Cc2ccc(B3OC(C)(C)C(C)(C)O3)c(C)c2)n1. The molecule has 1 aliphatic rings. The first-order valence-corrected chi connectivity index (χ1v) is 9.23. The van der Waals surface area contributed by atoms with Gasteiger partial charge < -0.3 is 9.31 Å². The second-order valence-corrected chi connectivity index (χ2v) is 8.23. The quantitative estimate of drug-likeness (QED) is 0.517. The zero-order valence-electron chi connectivity index (χ0n) is 15.6. The van der Waals surface area contributed by atoms with Crippen LogP contribution in [0, 0.1) is 13.8 Å². The Morgan fingerprint density at radius 3 is 2.40 bits per heavy atom. The molecule has 1 aromatic heterocycles. The van der Waals surface area contributed by atoms with Crippen molar-refractivity contribution in [3.05, 3.63) is 40.4 Å². The molecule has 2 aromatic rings. The van der Waals surface area contributed by atoms with Crippen LogP contribution in [0.4, 0.5) is 5.13 Å². The lowest BCUT2D eigenvalue weighted by Gasteiger charge is -2.32. The number of rotatable bonds is 4. The zero-order chi connectivity index (χ0) is 18.2. The molecule has 25 heavy (non-hydrogen) atoms. The van der Waals surface area contributed by atoms with Crippen LogP contribution in [-0.4, -0.2) is 29.5 Å². The van der Waals surface area contributed by atoms with E-state index in [0.717, 1.165) is 27.4 Å². The fourth-order valence-electron chi connectivity index (χ4n) is 2.58. The maximum Gasteiger partial charge on any atom is 0.495 e. The molecule has 2 heterocycles. The highest BCUT2D eigenvalue weighted by Crippen LogP contribution is 2.36. The highest BCUT2D eigenvalue weighted by Gasteiger charge is 2.51. The highest BCUT2D eigenvalue weighted by atomic mass is 32.1. The molecule has 0 saturated carbocycles. The fraction of sp³-hybridized carbons (Fsp3) is 0.444. The van der Waals surface area contributed by atoms with Crippen LogP contribution in [0.3, 0.4) is 0 Å². The summed E-state index contributed by atoms with van der Waals surface area (Å²) in [6.45, 7) is 12.3. The average Bonchev–Trinajstić information content (AvgIpc) is 3.00. The van der Waals surface area contributed by atoms with E-state index in [1.807, 2.05) is 24.4 Å². The topological polar surface area (TPSA) is 55.7 Å². The second-order valence-electron chi connectivity index (χ2n) is 7.37. The maximum atomic E-state index is 6.14. The molecule has 132 valence electrons. The van der Waals surface area contributed by atoms with E-state index in [2.05, 4.69) is 56.2 Å². The minimum Gasteiger partial charge on any atom is -0.399 e. The van der Waals surface area contributed by atoms with Gasteiger partial charge in [0.1, 0.15) is 0 Å². The zero-order valence-corrected chi connectivity index (χ0v) is 16.4. The van der Waals surface area contributed by atoms with Crippen LogP contribution in [0.15, 0.2) is 28.7 Å². The molecule has 0 aliphatic carbocycles. The normalized spacial score (nSPS) is 18.9. The number of thiazole rings is 1. The third kappa shape index (κ3) is 3.78. The van der Waals surface area contributed by atoms with Gasteiger partial charge in [-0.15, -0.1) is 11.3 Å². The van der Waals surface area contributed by atoms with Gasteiger partial charge in [0.2, 0.25) is 5.13 Å². The van der Waals surface area contributed by atoms with Gasteiger partial charge in [0.25, 0.3) is 0 Å². The van der Waals surface area contributed by atoms with Crippen LogP contribution in [-0.2, 0) is 9.31 Å². The first kappa shape index (κ1) is 18.1. The Kier molecular flexibility index (Phi) is 4.75. The number of nitrogens with zero attached hydrogens (tertiary/aromatic N) is 2. The average molecular weight is 357 g/mol. The minimum atomic E-state index is -0.340. The lowest BCUT2D eigenvalue weighted by atomic mass is 9.76. The summed E-state index contributed by atoms with van der Waals surface area (Å²) in [7, 11) is -0.340. The van der Waals surface area contributed by atoms with Gasteiger partial charge in [-0.2, -0.15) is 5.10 Å². The summed E-state index contributed by atoms with van der Waals surface area (Å²) < 4.78 is 12.3. The van der Waals surface area contributed by atoms with Gasteiger partial charge in [0.15, 0.2) is 0 Å². The first-order chi connectivity index (χ1) is 11.7. The van der Waals surface area contributed by atoms with Gasteiger partial charge in [0, 0.05) is 5.38 Å². The van der Waals surface area contributed by atoms with Crippen LogP contribution in [0.5, 0.6) is 0 Å². The summed E-state index contributed by atoms with van der Waals surface area (Å²) in [6, 6.07) is 6.15. The molecule has 1 N–H and O–H groups in total. The molecule has 0 bridgehead atoms. The molecule has 0 radical (unpaired) electrons. The van der Waals surface area contributed by atoms with Crippen LogP contribution < -0.4 is 10.9 Å². The maximum absolute atomic E-state index is 6.14. The molecule has 1 aromatic carbocycles. The van der Waals surface area contributed by atoms with Gasteiger partial charge in [-0.3, -0.25) is 5.43 Å². The molecule has 0 spiro atoms. The van der Waals surface area contributed by atoms with Crippen molar-refractivity contribution in [1.82, 2.24) is 4.98 Å². The van der Waals surface area contributed by atoms with E-state index >= 15 is 0 Å². The Morgan fingerprint density at radius 1 is 1.16 bits per heavy atom. The third-order valence-electron chi connectivity index (χ3n) is 4.79. The number of aromatic nitrogens is 1. The highest BCUT2D eigenvalue weighted by molar-refractivity contribution is 7.13.